The number of sulfonamides is 1. The topological polar surface area (TPSA) is 66.4 Å². The average Bonchev–Trinajstić information content (AvgIpc) is 2.32. The summed E-state index contributed by atoms with van der Waals surface area (Å²) >= 11 is 0. The van der Waals surface area contributed by atoms with E-state index in [1.807, 2.05) is 0 Å². The fourth-order valence-electron chi connectivity index (χ4n) is 2.13. The molecule has 1 aromatic rings. The molecule has 0 unspecified atom stereocenters. The quantitative estimate of drug-likeness (QED) is 0.875. The van der Waals surface area contributed by atoms with Crippen molar-refractivity contribution in [2.24, 2.45) is 0 Å². The van der Waals surface area contributed by atoms with Crippen molar-refractivity contribution in [3.05, 3.63) is 30.1 Å². The first-order valence-electron chi connectivity index (χ1n) is 5.95. The smallest absolute Gasteiger partial charge is 0.240 e. The summed E-state index contributed by atoms with van der Waals surface area (Å²) in [7, 11) is -3.69. The van der Waals surface area contributed by atoms with Crippen molar-refractivity contribution in [3.8, 4) is 0 Å². The van der Waals surface area contributed by atoms with E-state index in [2.05, 4.69) is 4.72 Å². The van der Waals surface area contributed by atoms with E-state index in [9.17, 15) is 17.9 Å². The number of hydrogen-bond acceptors (Lipinski definition) is 3. The lowest BCUT2D eigenvalue weighted by atomic mass is 9.93. The zero-order chi connectivity index (χ0) is 13.2. The third kappa shape index (κ3) is 3.07. The van der Waals surface area contributed by atoms with Gasteiger partial charge in [0.15, 0.2) is 0 Å². The zero-order valence-corrected chi connectivity index (χ0v) is 10.7. The molecule has 100 valence electrons. The molecule has 18 heavy (non-hydrogen) atoms. The van der Waals surface area contributed by atoms with Crippen LogP contribution in [0.15, 0.2) is 29.2 Å². The van der Waals surface area contributed by atoms with Crippen LogP contribution in [0.2, 0.25) is 0 Å². The SMILES string of the molecule is O=S(=O)(N[C@H]1CCCC[C@H]1O)c1ccc(F)cc1. The summed E-state index contributed by atoms with van der Waals surface area (Å²) in [5.74, 6) is -0.480. The molecule has 0 bridgehead atoms. The van der Waals surface area contributed by atoms with Gasteiger partial charge in [0.25, 0.3) is 0 Å². The van der Waals surface area contributed by atoms with Crippen LogP contribution in [0.4, 0.5) is 4.39 Å². The van der Waals surface area contributed by atoms with E-state index in [1.165, 1.54) is 12.1 Å². The molecule has 1 aliphatic carbocycles. The highest BCUT2D eigenvalue weighted by molar-refractivity contribution is 7.89. The monoisotopic (exact) mass is 273 g/mol. The summed E-state index contributed by atoms with van der Waals surface area (Å²) in [6.45, 7) is 0. The van der Waals surface area contributed by atoms with Gasteiger partial charge in [-0.3, -0.25) is 0 Å². The van der Waals surface area contributed by atoms with E-state index >= 15 is 0 Å². The largest absolute Gasteiger partial charge is 0.391 e. The van der Waals surface area contributed by atoms with E-state index in [-0.39, 0.29) is 4.90 Å². The second-order valence-corrected chi connectivity index (χ2v) is 6.25. The van der Waals surface area contributed by atoms with Crippen molar-refractivity contribution in [1.82, 2.24) is 4.72 Å². The Bertz CT molecular complexity index is 501. The molecule has 2 atom stereocenters. The van der Waals surface area contributed by atoms with Crippen LogP contribution >= 0.6 is 0 Å². The van der Waals surface area contributed by atoms with Gasteiger partial charge in [0, 0.05) is 6.04 Å². The predicted octanol–water partition coefficient (Wildman–Crippen LogP) is 1.41. The van der Waals surface area contributed by atoms with Gasteiger partial charge in [-0.1, -0.05) is 12.8 Å². The molecule has 1 aromatic carbocycles. The Hall–Kier alpha value is -0.980. The van der Waals surface area contributed by atoms with Gasteiger partial charge in [-0.05, 0) is 37.1 Å². The molecule has 0 aliphatic heterocycles. The third-order valence-electron chi connectivity index (χ3n) is 3.16. The number of hydrogen-bond donors (Lipinski definition) is 2. The minimum atomic E-state index is -3.69. The number of rotatable bonds is 3. The molecule has 0 radical (unpaired) electrons. The number of benzene rings is 1. The maximum absolute atomic E-state index is 12.7. The molecule has 0 saturated heterocycles. The summed E-state index contributed by atoms with van der Waals surface area (Å²) < 4.78 is 39.2. The Morgan fingerprint density at radius 3 is 2.39 bits per heavy atom. The molecule has 0 spiro atoms. The van der Waals surface area contributed by atoms with E-state index in [4.69, 9.17) is 0 Å². The van der Waals surface area contributed by atoms with Gasteiger partial charge in [0.05, 0.1) is 11.0 Å². The van der Waals surface area contributed by atoms with Crippen molar-refractivity contribution in [1.29, 1.82) is 0 Å². The molecular weight excluding hydrogens is 257 g/mol. The molecule has 1 saturated carbocycles. The van der Waals surface area contributed by atoms with Crippen molar-refractivity contribution in [2.45, 2.75) is 42.7 Å². The van der Waals surface area contributed by atoms with Crippen LogP contribution in [0.5, 0.6) is 0 Å². The van der Waals surface area contributed by atoms with Gasteiger partial charge in [0.2, 0.25) is 10.0 Å². The van der Waals surface area contributed by atoms with E-state index < -0.39 is 28.0 Å². The van der Waals surface area contributed by atoms with Crippen LogP contribution in [0.1, 0.15) is 25.7 Å². The van der Waals surface area contributed by atoms with Crippen molar-refractivity contribution in [3.63, 3.8) is 0 Å². The fraction of sp³-hybridized carbons (Fsp3) is 0.500. The molecule has 0 heterocycles. The summed E-state index contributed by atoms with van der Waals surface area (Å²) in [5.41, 5.74) is 0. The third-order valence-corrected chi connectivity index (χ3v) is 4.67. The number of nitrogens with one attached hydrogen (secondary N) is 1. The Kier molecular flexibility index (Phi) is 3.99. The Morgan fingerprint density at radius 2 is 1.78 bits per heavy atom. The van der Waals surface area contributed by atoms with Gasteiger partial charge in [-0.2, -0.15) is 0 Å². The Labute approximate surface area is 106 Å². The van der Waals surface area contributed by atoms with Crippen LogP contribution < -0.4 is 4.72 Å². The number of aliphatic hydroxyl groups is 1. The van der Waals surface area contributed by atoms with Gasteiger partial charge < -0.3 is 5.11 Å². The zero-order valence-electron chi connectivity index (χ0n) is 9.84. The maximum atomic E-state index is 12.7. The van der Waals surface area contributed by atoms with Crippen LogP contribution in [0, 0.1) is 5.82 Å². The minimum Gasteiger partial charge on any atom is -0.391 e. The molecule has 1 aliphatic rings. The van der Waals surface area contributed by atoms with Gasteiger partial charge in [-0.25, -0.2) is 17.5 Å². The van der Waals surface area contributed by atoms with E-state index in [1.54, 1.807) is 0 Å². The van der Waals surface area contributed by atoms with Crippen LogP contribution in [0.3, 0.4) is 0 Å². The standard InChI is InChI=1S/C12H16FNO3S/c13-9-5-7-10(8-6-9)18(16,17)14-11-3-1-2-4-12(11)15/h5-8,11-12,14-15H,1-4H2/t11-,12+/m0/s1. The van der Waals surface area contributed by atoms with Crippen molar-refractivity contribution < 1.29 is 17.9 Å². The van der Waals surface area contributed by atoms with Gasteiger partial charge >= 0.3 is 0 Å². The van der Waals surface area contributed by atoms with E-state index in [0.717, 1.165) is 25.0 Å². The second kappa shape index (κ2) is 5.34. The highest BCUT2D eigenvalue weighted by Crippen LogP contribution is 2.20. The summed E-state index contributed by atoms with van der Waals surface area (Å²) in [5, 5.41) is 9.74. The highest BCUT2D eigenvalue weighted by Gasteiger charge is 2.27. The second-order valence-electron chi connectivity index (χ2n) is 4.53. The van der Waals surface area contributed by atoms with Crippen LogP contribution in [0.25, 0.3) is 0 Å². The fourth-order valence-corrected chi connectivity index (χ4v) is 3.43. The van der Waals surface area contributed by atoms with Gasteiger partial charge in [-0.15, -0.1) is 0 Å². The first kappa shape index (κ1) is 13.5. The number of halogens is 1. The lowest BCUT2D eigenvalue weighted by Gasteiger charge is -2.28. The minimum absolute atomic E-state index is 0.0154. The Balaban J connectivity index is 2.13. The van der Waals surface area contributed by atoms with Crippen LogP contribution in [-0.2, 0) is 10.0 Å². The summed E-state index contributed by atoms with van der Waals surface area (Å²) in [4.78, 5) is 0.0154. The summed E-state index contributed by atoms with van der Waals surface area (Å²) in [6.07, 6.45) is 2.40. The predicted molar refractivity (Wildman–Crippen MR) is 65.0 cm³/mol. The lowest BCUT2D eigenvalue weighted by molar-refractivity contribution is 0.101. The summed E-state index contributed by atoms with van der Waals surface area (Å²) in [6, 6.07) is 4.19. The van der Waals surface area contributed by atoms with E-state index in [0.29, 0.717) is 12.8 Å². The van der Waals surface area contributed by atoms with Crippen molar-refractivity contribution in [2.75, 3.05) is 0 Å². The lowest BCUT2D eigenvalue weighted by Crippen LogP contribution is -2.44. The molecule has 2 N–H and O–H groups in total. The van der Waals surface area contributed by atoms with Gasteiger partial charge in [0.1, 0.15) is 5.82 Å². The molecule has 4 nitrogen and oxygen atoms in total. The number of aliphatic hydroxyl groups excluding tert-OH is 1. The molecule has 0 aromatic heterocycles. The van der Waals surface area contributed by atoms with Crippen LogP contribution in [-0.4, -0.2) is 25.7 Å². The molecule has 6 heteroatoms. The first-order chi connectivity index (χ1) is 8.49. The molecule has 0 amide bonds. The normalized spacial score (nSPS) is 25.0. The maximum Gasteiger partial charge on any atom is 0.240 e. The molecule has 2 rings (SSSR count). The molecular formula is C12H16FNO3S. The van der Waals surface area contributed by atoms with Crippen molar-refractivity contribution >= 4 is 10.0 Å². The molecule has 1 fully saturated rings. The average molecular weight is 273 g/mol. The first-order valence-corrected chi connectivity index (χ1v) is 7.43. The Morgan fingerprint density at radius 1 is 1.17 bits per heavy atom. The highest BCUT2D eigenvalue weighted by atomic mass is 32.2.